The van der Waals surface area contributed by atoms with E-state index >= 15 is 0 Å². The molecule has 4 heteroatoms. The lowest BCUT2D eigenvalue weighted by molar-refractivity contribution is 0.264. The first-order valence-corrected chi connectivity index (χ1v) is 6.03. The molecule has 18 heavy (non-hydrogen) atoms. The number of aliphatic hydroxyl groups is 1. The summed E-state index contributed by atoms with van der Waals surface area (Å²) in [5.41, 5.74) is 1.67. The van der Waals surface area contributed by atoms with Gasteiger partial charge in [0.1, 0.15) is 5.82 Å². The van der Waals surface area contributed by atoms with E-state index in [1.807, 2.05) is 6.07 Å². The Morgan fingerprint density at radius 1 is 1.33 bits per heavy atom. The van der Waals surface area contributed by atoms with E-state index in [0.29, 0.717) is 11.4 Å². The van der Waals surface area contributed by atoms with Crippen LogP contribution >= 0.6 is 11.6 Å². The summed E-state index contributed by atoms with van der Waals surface area (Å²) in [5, 5.41) is 10.0. The highest BCUT2D eigenvalue weighted by atomic mass is 35.5. The van der Waals surface area contributed by atoms with E-state index in [4.69, 9.17) is 11.6 Å². The van der Waals surface area contributed by atoms with E-state index in [-0.39, 0.29) is 18.3 Å². The van der Waals surface area contributed by atoms with E-state index in [0.717, 1.165) is 11.1 Å². The van der Waals surface area contributed by atoms with Crippen LogP contribution in [-0.2, 0) is 6.42 Å². The van der Waals surface area contributed by atoms with Crippen molar-refractivity contribution in [2.75, 3.05) is 6.61 Å². The normalized spacial score (nSPS) is 12.4. The van der Waals surface area contributed by atoms with Crippen LogP contribution in [-0.4, -0.2) is 16.7 Å². The average Bonchev–Trinajstić information content (AvgIpc) is 2.38. The van der Waals surface area contributed by atoms with Crippen LogP contribution in [0.4, 0.5) is 4.39 Å². The molecule has 0 aliphatic rings. The van der Waals surface area contributed by atoms with Gasteiger partial charge in [-0.1, -0.05) is 23.7 Å². The van der Waals surface area contributed by atoms with Crippen LogP contribution in [0, 0.1) is 5.82 Å². The highest BCUT2D eigenvalue weighted by molar-refractivity contribution is 6.31. The maximum Gasteiger partial charge on any atom is 0.123 e. The molecule has 1 heterocycles. The van der Waals surface area contributed by atoms with E-state index in [9.17, 15) is 9.50 Å². The number of nitrogens with zero attached hydrogens (tertiary/aromatic N) is 1. The summed E-state index contributed by atoms with van der Waals surface area (Å²) in [5.74, 6) is -0.465. The predicted molar refractivity (Wildman–Crippen MR) is 69.2 cm³/mol. The monoisotopic (exact) mass is 265 g/mol. The number of rotatable bonds is 4. The molecule has 0 radical (unpaired) electrons. The molecule has 94 valence electrons. The molecular formula is C14H13ClFNO. The summed E-state index contributed by atoms with van der Waals surface area (Å²) in [4.78, 5) is 3.91. The fraction of sp³-hybridized carbons (Fsp3) is 0.214. The molecule has 2 rings (SSSR count). The topological polar surface area (TPSA) is 33.1 Å². The van der Waals surface area contributed by atoms with Gasteiger partial charge in [0.05, 0.1) is 11.6 Å². The minimum absolute atomic E-state index is 0.0535. The Hall–Kier alpha value is -1.45. The SMILES string of the molecule is OCC(Cc1ccncc1Cl)c1cccc(F)c1. The summed E-state index contributed by atoms with van der Waals surface area (Å²) in [7, 11) is 0. The number of hydrogen-bond donors (Lipinski definition) is 1. The first kappa shape index (κ1) is 13.0. The van der Waals surface area contributed by atoms with Gasteiger partial charge in [0.2, 0.25) is 0 Å². The molecule has 1 atom stereocenters. The molecule has 0 spiro atoms. The average molecular weight is 266 g/mol. The first-order chi connectivity index (χ1) is 8.70. The van der Waals surface area contributed by atoms with Crippen molar-refractivity contribution >= 4 is 11.6 Å². The smallest absolute Gasteiger partial charge is 0.123 e. The predicted octanol–water partition coefficient (Wildman–Crippen LogP) is 3.19. The molecule has 0 amide bonds. The summed E-state index contributed by atoms with van der Waals surface area (Å²) in [6.07, 6.45) is 3.78. The van der Waals surface area contributed by atoms with Gasteiger partial charge >= 0.3 is 0 Å². The lowest BCUT2D eigenvalue weighted by Gasteiger charge is -2.15. The lowest BCUT2D eigenvalue weighted by atomic mass is 9.93. The van der Waals surface area contributed by atoms with Gasteiger partial charge in [-0.05, 0) is 35.7 Å². The second-order valence-corrected chi connectivity index (χ2v) is 4.51. The highest BCUT2D eigenvalue weighted by Crippen LogP contribution is 2.24. The molecule has 1 aromatic heterocycles. The van der Waals surface area contributed by atoms with E-state index in [2.05, 4.69) is 4.98 Å². The van der Waals surface area contributed by atoms with Crippen LogP contribution in [0.1, 0.15) is 17.0 Å². The second-order valence-electron chi connectivity index (χ2n) is 4.11. The fourth-order valence-electron chi connectivity index (χ4n) is 1.88. The molecule has 1 unspecified atom stereocenters. The lowest BCUT2D eigenvalue weighted by Crippen LogP contribution is -2.08. The van der Waals surface area contributed by atoms with Gasteiger partial charge in [-0.25, -0.2) is 4.39 Å². The van der Waals surface area contributed by atoms with Gasteiger partial charge in [0, 0.05) is 18.3 Å². The molecular weight excluding hydrogens is 253 g/mol. The van der Waals surface area contributed by atoms with Gasteiger partial charge < -0.3 is 5.11 Å². The van der Waals surface area contributed by atoms with Crippen molar-refractivity contribution in [3.63, 3.8) is 0 Å². The van der Waals surface area contributed by atoms with Crippen LogP contribution < -0.4 is 0 Å². The summed E-state index contributed by atoms with van der Waals surface area (Å²) >= 11 is 6.03. The van der Waals surface area contributed by atoms with Gasteiger partial charge in [-0.2, -0.15) is 0 Å². The van der Waals surface area contributed by atoms with Crippen molar-refractivity contribution in [1.29, 1.82) is 0 Å². The minimum Gasteiger partial charge on any atom is -0.396 e. The third kappa shape index (κ3) is 3.06. The van der Waals surface area contributed by atoms with Gasteiger partial charge in [-0.3, -0.25) is 4.98 Å². The Bertz CT molecular complexity index is 533. The number of benzene rings is 1. The zero-order valence-electron chi connectivity index (χ0n) is 9.68. The molecule has 2 aromatic rings. The zero-order chi connectivity index (χ0) is 13.0. The van der Waals surface area contributed by atoms with Crippen molar-refractivity contribution in [1.82, 2.24) is 4.98 Å². The third-order valence-corrected chi connectivity index (χ3v) is 3.20. The van der Waals surface area contributed by atoms with E-state index in [1.54, 1.807) is 24.5 Å². The molecule has 0 aliphatic carbocycles. The maximum atomic E-state index is 13.2. The highest BCUT2D eigenvalue weighted by Gasteiger charge is 2.13. The van der Waals surface area contributed by atoms with Gasteiger partial charge in [0.15, 0.2) is 0 Å². The standard InChI is InChI=1S/C14H13ClFNO/c15-14-8-17-5-4-11(14)6-12(9-18)10-2-1-3-13(16)7-10/h1-5,7-8,12,18H,6,9H2. The number of pyridine rings is 1. The Kier molecular flexibility index (Phi) is 4.28. The molecule has 0 bridgehead atoms. The first-order valence-electron chi connectivity index (χ1n) is 5.65. The molecule has 0 saturated heterocycles. The molecule has 0 fully saturated rings. The number of aromatic nitrogens is 1. The quantitative estimate of drug-likeness (QED) is 0.921. The minimum atomic E-state index is -0.299. The summed E-state index contributed by atoms with van der Waals surface area (Å²) < 4.78 is 13.2. The van der Waals surface area contributed by atoms with Crippen molar-refractivity contribution < 1.29 is 9.50 Å². The van der Waals surface area contributed by atoms with E-state index < -0.39 is 0 Å². The Morgan fingerprint density at radius 2 is 2.17 bits per heavy atom. The van der Waals surface area contributed by atoms with Crippen LogP contribution in [0.2, 0.25) is 5.02 Å². The van der Waals surface area contributed by atoms with Crippen molar-refractivity contribution in [2.24, 2.45) is 0 Å². The largest absolute Gasteiger partial charge is 0.396 e. The third-order valence-electron chi connectivity index (χ3n) is 2.86. The Morgan fingerprint density at radius 3 is 2.83 bits per heavy atom. The number of hydrogen-bond acceptors (Lipinski definition) is 2. The molecule has 0 aliphatic heterocycles. The summed E-state index contributed by atoms with van der Waals surface area (Å²) in [6.45, 7) is -0.0535. The molecule has 1 N–H and O–H groups in total. The fourth-order valence-corrected chi connectivity index (χ4v) is 2.08. The van der Waals surface area contributed by atoms with E-state index in [1.165, 1.54) is 12.1 Å². The Labute approximate surface area is 110 Å². The van der Waals surface area contributed by atoms with Crippen LogP contribution in [0.25, 0.3) is 0 Å². The van der Waals surface area contributed by atoms with Crippen molar-refractivity contribution in [3.05, 3.63) is 64.7 Å². The number of aliphatic hydroxyl groups excluding tert-OH is 1. The summed E-state index contributed by atoms with van der Waals surface area (Å²) in [6, 6.07) is 8.08. The zero-order valence-corrected chi connectivity index (χ0v) is 10.4. The van der Waals surface area contributed by atoms with Gasteiger partial charge in [-0.15, -0.1) is 0 Å². The van der Waals surface area contributed by atoms with Crippen LogP contribution in [0.5, 0.6) is 0 Å². The number of halogens is 2. The molecule has 2 nitrogen and oxygen atoms in total. The molecule has 0 saturated carbocycles. The maximum absolute atomic E-state index is 13.2. The van der Waals surface area contributed by atoms with Crippen molar-refractivity contribution in [3.8, 4) is 0 Å². The van der Waals surface area contributed by atoms with Gasteiger partial charge in [0.25, 0.3) is 0 Å². The van der Waals surface area contributed by atoms with Crippen LogP contribution in [0.3, 0.4) is 0 Å². The second kappa shape index (κ2) is 5.94. The van der Waals surface area contributed by atoms with Crippen molar-refractivity contribution in [2.45, 2.75) is 12.3 Å². The Balaban J connectivity index is 2.23. The molecule has 1 aromatic carbocycles. The van der Waals surface area contributed by atoms with Crippen LogP contribution in [0.15, 0.2) is 42.7 Å².